The van der Waals surface area contributed by atoms with E-state index in [4.69, 9.17) is 24.7 Å². The number of hydrogen-bond acceptors (Lipinski definition) is 10. The number of nitrogens with zero attached hydrogens (tertiary/aromatic N) is 2. The molecule has 1 fully saturated rings. The zero-order valence-corrected chi connectivity index (χ0v) is 22.5. The number of nitrogens with two attached hydrogens (primary N) is 1. The first-order valence-corrected chi connectivity index (χ1v) is 13.0. The van der Waals surface area contributed by atoms with Crippen molar-refractivity contribution in [2.45, 2.75) is 31.0 Å². The van der Waals surface area contributed by atoms with Crippen LogP contribution in [0.2, 0.25) is 0 Å². The van der Waals surface area contributed by atoms with Crippen LogP contribution in [0.1, 0.15) is 44.2 Å². The van der Waals surface area contributed by atoms with Crippen LogP contribution in [0, 0.1) is 0 Å². The summed E-state index contributed by atoms with van der Waals surface area (Å²) in [5, 5.41) is 0. The average molecular weight is 570 g/mol. The van der Waals surface area contributed by atoms with Gasteiger partial charge in [0.05, 0.1) is 16.7 Å². The van der Waals surface area contributed by atoms with Gasteiger partial charge in [0.15, 0.2) is 17.9 Å². The molecule has 0 bridgehead atoms. The number of carbonyl (C=O) groups is 3. The Balaban J connectivity index is 1.54. The highest BCUT2D eigenvalue weighted by molar-refractivity contribution is 5.91. The molecule has 42 heavy (non-hydrogen) atoms. The topological polar surface area (TPSA) is 149 Å². The minimum absolute atomic E-state index is 0.0300. The van der Waals surface area contributed by atoms with E-state index in [0.29, 0.717) is 5.56 Å². The van der Waals surface area contributed by atoms with E-state index < -0.39 is 54.2 Å². The largest absolute Gasteiger partial charge is 0.459 e. The summed E-state index contributed by atoms with van der Waals surface area (Å²) in [6.45, 7) is 1.08. The summed E-state index contributed by atoms with van der Waals surface area (Å²) in [6, 6.07) is 26.0. The second-order valence-electron chi connectivity index (χ2n) is 9.66. The Labute approximate surface area is 240 Å². The third-order valence-corrected chi connectivity index (χ3v) is 6.75. The van der Waals surface area contributed by atoms with Crippen molar-refractivity contribution in [3.8, 4) is 0 Å². The molecule has 214 valence electrons. The molecule has 11 heteroatoms. The maximum atomic E-state index is 13.4. The van der Waals surface area contributed by atoms with Crippen LogP contribution in [0.15, 0.2) is 108 Å². The fourth-order valence-electron chi connectivity index (χ4n) is 4.66. The molecule has 1 aliphatic heterocycles. The minimum atomic E-state index is -1.80. The Morgan fingerprint density at radius 2 is 1.36 bits per heavy atom. The molecule has 0 amide bonds. The summed E-state index contributed by atoms with van der Waals surface area (Å²) < 4.78 is 24.7. The number of esters is 3. The summed E-state index contributed by atoms with van der Waals surface area (Å²) in [5.41, 5.74) is 3.83. The number of nitrogen functional groups attached to an aromatic ring is 1. The van der Waals surface area contributed by atoms with Gasteiger partial charge in [-0.1, -0.05) is 54.6 Å². The van der Waals surface area contributed by atoms with Crippen molar-refractivity contribution >= 4 is 23.7 Å². The van der Waals surface area contributed by atoms with Crippen molar-refractivity contribution in [2.24, 2.45) is 0 Å². The van der Waals surface area contributed by atoms with Crippen molar-refractivity contribution in [3.05, 3.63) is 130 Å². The molecule has 2 N–H and O–H groups in total. The molecule has 0 aliphatic carbocycles. The average Bonchev–Trinajstić information content (AvgIpc) is 3.27. The van der Waals surface area contributed by atoms with Crippen molar-refractivity contribution < 1.29 is 33.3 Å². The number of benzene rings is 3. The molecule has 1 aromatic heterocycles. The van der Waals surface area contributed by atoms with E-state index in [2.05, 4.69) is 4.98 Å². The number of aromatic nitrogens is 2. The molecule has 3 unspecified atom stereocenters. The molecule has 11 nitrogen and oxygen atoms in total. The number of carbonyl (C=O) groups excluding carboxylic acids is 3. The maximum absolute atomic E-state index is 13.4. The number of rotatable bonds is 8. The first-order chi connectivity index (χ1) is 20.3. The van der Waals surface area contributed by atoms with Gasteiger partial charge in [0, 0.05) is 6.20 Å². The lowest BCUT2D eigenvalue weighted by atomic mass is 9.95. The van der Waals surface area contributed by atoms with Gasteiger partial charge in [-0.25, -0.2) is 19.2 Å². The zero-order valence-electron chi connectivity index (χ0n) is 22.5. The standard InChI is InChI=1S/C31H27N3O8/c1-31(42-28(37)22-15-9-4-10-16-22)25(41-27(36)21-13-7-3-8-14-21)23(19-39-26(35)20-11-5-2-6-12-20)40-29(31)34-18-17-24(32)33-30(34)38/h2-18,23,25,29H,19H2,1H3,(H2,32,33,38)/t23?,25?,29?,31-/m1/s1. The van der Waals surface area contributed by atoms with Gasteiger partial charge in [-0.15, -0.1) is 0 Å². The first-order valence-electron chi connectivity index (χ1n) is 13.0. The Kier molecular flexibility index (Phi) is 8.12. The van der Waals surface area contributed by atoms with Crippen LogP contribution in [0.4, 0.5) is 5.82 Å². The summed E-state index contributed by atoms with van der Waals surface area (Å²) >= 11 is 0. The third kappa shape index (κ3) is 5.91. The van der Waals surface area contributed by atoms with Crippen molar-refractivity contribution in [2.75, 3.05) is 12.3 Å². The van der Waals surface area contributed by atoms with Gasteiger partial charge in [0.2, 0.25) is 0 Å². The Morgan fingerprint density at radius 3 is 1.90 bits per heavy atom. The van der Waals surface area contributed by atoms with E-state index in [-0.39, 0.29) is 16.9 Å². The number of hydrogen-bond donors (Lipinski definition) is 1. The van der Waals surface area contributed by atoms with Crippen molar-refractivity contribution in [1.82, 2.24) is 9.55 Å². The molecule has 3 aromatic carbocycles. The smallest absolute Gasteiger partial charge is 0.351 e. The van der Waals surface area contributed by atoms with Gasteiger partial charge in [0.1, 0.15) is 18.5 Å². The van der Waals surface area contributed by atoms with Gasteiger partial charge in [-0.3, -0.25) is 4.57 Å². The Bertz CT molecular complexity index is 1630. The fraction of sp³-hybridized carbons (Fsp3) is 0.194. The molecule has 4 aromatic rings. The van der Waals surface area contributed by atoms with Gasteiger partial charge in [0.25, 0.3) is 0 Å². The highest BCUT2D eigenvalue weighted by atomic mass is 16.7. The quantitative estimate of drug-likeness (QED) is 0.247. The molecule has 1 aliphatic rings. The summed E-state index contributed by atoms with van der Waals surface area (Å²) in [5.74, 6) is -2.18. The van der Waals surface area contributed by atoms with E-state index >= 15 is 0 Å². The molecule has 1 saturated heterocycles. The molecular weight excluding hydrogens is 542 g/mol. The van der Waals surface area contributed by atoms with Crippen molar-refractivity contribution in [1.29, 1.82) is 0 Å². The number of anilines is 1. The summed E-state index contributed by atoms with van der Waals surface area (Å²) in [6.07, 6.45) is -2.51. The van der Waals surface area contributed by atoms with Crippen LogP contribution in [-0.4, -0.2) is 51.9 Å². The molecule has 0 saturated carbocycles. The Morgan fingerprint density at radius 1 is 0.833 bits per heavy atom. The van der Waals surface area contributed by atoms with E-state index in [1.54, 1.807) is 91.0 Å². The minimum Gasteiger partial charge on any atom is -0.459 e. The highest BCUT2D eigenvalue weighted by Gasteiger charge is 2.60. The molecule has 2 heterocycles. The lowest BCUT2D eigenvalue weighted by Gasteiger charge is -2.34. The lowest BCUT2D eigenvalue weighted by Crippen LogP contribution is -2.51. The van der Waals surface area contributed by atoms with Crippen LogP contribution >= 0.6 is 0 Å². The fourth-order valence-corrected chi connectivity index (χ4v) is 4.66. The third-order valence-electron chi connectivity index (χ3n) is 6.75. The zero-order chi connectivity index (χ0) is 29.7. The van der Waals surface area contributed by atoms with Gasteiger partial charge in [-0.05, 0) is 49.4 Å². The molecule has 4 atom stereocenters. The van der Waals surface area contributed by atoms with Crippen LogP contribution in [0.25, 0.3) is 0 Å². The van der Waals surface area contributed by atoms with Crippen LogP contribution in [0.3, 0.4) is 0 Å². The molecular formula is C31H27N3O8. The van der Waals surface area contributed by atoms with Crippen LogP contribution in [0.5, 0.6) is 0 Å². The van der Waals surface area contributed by atoms with E-state index in [1.165, 1.54) is 19.2 Å². The number of ether oxygens (including phenoxy) is 4. The van der Waals surface area contributed by atoms with Crippen molar-refractivity contribution in [3.63, 3.8) is 0 Å². The highest BCUT2D eigenvalue weighted by Crippen LogP contribution is 2.43. The summed E-state index contributed by atoms with van der Waals surface area (Å²) in [4.78, 5) is 56.1. The summed E-state index contributed by atoms with van der Waals surface area (Å²) in [7, 11) is 0. The second-order valence-corrected chi connectivity index (χ2v) is 9.66. The SMILES string of the molecule is C[C@@]1(OC(=O)c2ccccc2)C(OC(=O)c2ccccc2)C(COC(=O)c2ccccc2)OC1n1ccc(N)nc1=O. The van der Waals surface area contributed by atoms with E-state index in [9.17, 15) is 19.2 Å². The molecule has 0 radical (unpaired) electrons. The van der Waals surface area contributed by atoms with Crippen LogP contribution in [-0.2, 0) is 18.9 Å². The van der Waals surface area contributed by atoms with E-state index in [0.717, 1.165) is 4.57 Å². The van der Waals surface area contributed by atoms with Crippen LogP contribution < -0.4 is 11.4 Å². The Hall–Kier alpha value is -5.29. The normalized spacial score (nSPS) is 21.3. The lowest BCUT2D eigenvalue weighted by molar-refractivity contribution is -0.111. The van der Waals surface area contributed by atoms with Gasteiger partial charge in [-0.2, -0.15) is 4.98 Å². The van der Waals surface area contributed by atoms with Gasteiger partial charge >= 0.3 is 23.6 Å². The molecule has 0 spiro atoms. The predicted octanol–water partition coefficient (Wildman–Crippen LogP) is 3.42. The monoisotopic (exact) mass is 569 g/mol. The predicted molar refractivity (Wildman–Crippen MR) is 149 cm³/mol. The maximum Gasteiger partial charge on any atom is 0.351 e. The first kappa shape index (κ1) is 28.2. The second kappa shape index (κ2) is 12.1. The molecule has 5 rings (SSSR count). The van der Waals surface area contributed by atoms with Gasteiger partial charge < -0.3 is 24.7 Å². The van der Waals surface area contributed by atoms with E-state index in [1.807, 2.05) is 0 Å².